The number of pyridine rings is 1. The Labute approximate surface area is 202 Å². The first-order valence-electron chi connectivity index (χ1n) is 12.1. The number of halogens is 1. The van der Waals surface area contributed by atoms with E-state index in [2.05, 4.69) is 28.6 Å². The van der Waals surface area contributed by atoms with Crippen molar-refractivity contribution in [1.82, 2.24) is 14.8 Å². The van der Waals surface area contributed by atoms with Crippen molar-refractivity contribution in [3.63, 3.8) is 0 Å². The van der Waals surface area contributed by atoms with Gasteiger partial charge in [-0.25, -0.2) is 0 Å². The molecule has 0 spiro atoms. The maximum absolute atomic E-state index is 12.9. The molecule has 1 aromatic heterocycles. The lowest BCUT2D eigenvalue weighted by Crippen LogP contribution is -2.54. The second kappa shape index (κ2) is 10.4. The summed E-state index contributed by atoms with van der Waals surface area (Å²) in [5, 5.41) is 0.656. The average Bonchev–Trinajstić information content (AvgIpc) is 3.32. The van der Waals surface area contributed by atoms with E-state index < -0.39 is 0 Å². The van der Waals surface area contributed by atoms with E-state index in [1.165, 1.54) is 12.8 Å². The highest BCUT2D eigenvalue weighted by Gasteiger charge is 2.33. The molecule has 1 aromatic carbocycles. The molecule has 1 saturated carbocycles. The highest BCUT2D eigenvalue weighted by atomic mass is 35.5. The Morgan fingerprint density at radius 3 is 2.48 bits per heavy atom. The van der Waals surface area contributed by atoms with E-state index in [-0.39, 0.29) is 17.7 Å². The number of piperazine rings is 1. The van der Waals surface area contributed by atoms with Gasteiger partial charge in [-0.2, -0.15) is 0 Å². The predicted octanol–water partition coefficient (Wildman–Crippen LogP) is 5.00. The standard InChI is InChI=1S/C27H34ClN3O2/c1-18-8-9-22(15-29-18)26(32)14-23-12-25(28)13-24(20(23)3)17-30-10-11-31(19(2)16-30)27(33)21-6-4-5-7-21/h8-9,12-13,15,19,21H,4-7,10-11,14,16-17H2,1-3H3/t19-/m0/s1. The number of carbonyl (C=O) groups excluding carboxylic acids is 2. The maximum atomic E-state index is 12.9. The zero-order valence-electron chi connectivity index (χ0n) is 19.9. The number of aryl methyl sites for hydroxylation is 1. The van der Waals surface area contributed by atoms with Gasteiger partial charge in [0.05, 0.1) is 0 Å². The lowest BCUT2D eigenvalue weighted by atomic mass is 9.96. The van der Waals surface area contributed by atoms with Crippen molar-refractivity contribution in [2.24, 2.45) is 5.92 Å². The molecule has 2 heterocycles. The molecular formula is C27H34ClN3O2. The largest absolute Gasteiger partial charge is 0.337 e. The van der Waals surface area contributed by atoms with E-state index in [1.807, 2.05) is 31.2 Å². The van der Waals surface area contributed by atoms with E-state index in [0.29, 0.717) is 22.9 Å². The lowest BCUT2D eigenvalue weighted by molar-refractivity contribution is -0.140. The molecule has 33 heavy (non-hydrogen) atoms. The Morgan fingerprint density at radius 1 is 1.09 bits per heavy atom. The van der Waals surface area contributed by atoms with Gasteiger partial charge in [-0.15, -0.1) is 0 Å². The molecule has 2 aromatic rings. The second-order valence-electron chi connectivity index (χ2n) is 9.73. The topological polar surface area (TPSA) is 53.5 Å². The summed E-state index contributed by atoms with van der Waals surface area (Å²) >= 11 is 6.46. The van der Waals surface area contributed by atoms with Gasteiger partial charge in [0.2, 0.25) is 5.91 Å². The van der Waals surface area contributed by atoms with Crippen molar-refractivity contribution in [3.8, 4) is 0 Å². The highest BCUT2D eigenvalue weighted by molar-refractivity contribution is 6.30. The molecule has 176 valence electrons. The minimum Gasteiger partial charge on any atom is -0.337 e. The number of Topliss-reactive ketones (excluding diaryl/α,β-unsaturated/α-hetero) is 1. The summed E-state index contributed by atoms with van der Waals surface area (Å²) in [6, 6.07) is 7.82. The second-order valence-corrected chi connectivity index (χ2v) is 10.2. The van der Waals surface area contributed by atoms with Gasteiger partial charge in [-0.3, -0.25) is 19.5 Å². The molecule has 2 aliphatic rings. The van der Waals surface area contributed by atoms with Crippen LogP contribution in [0.3, 0.4) is 0 Å². The van der Waals surface area contributed by atoms with E-state index >= 15 is 0 Å². The van der Waals surface area contributed by atoms with Gasteiger partial charge in [0.15, 0.2) is 5.78 Å². The molecule has 1 aliphatic carbocycles. The molecule has 1 aliphatic heterocycles. The smallest absolute Gasteiger partial charge is 0.226 e. The van der Waals surface area contributed by atoms with Crippen molar-refractivity contribution in [2.75, 3.05) is 19.6 Å². The first-order chi connectivity index (χ1) is 15.8. The third-order valence-electron chi connectivity index (χ3n) is 7.26. The minimum absolute atomic E-state index is 0.0477. The number of nitrogens with zero attached hydrogens (tertiary/aromatic N) is 3. The average molecular weight is 468 g/mol. The molecule has 0 radical (unpaired) electrons. The lowest BCUT2D eigenvalue weighted by Gasteiger charge is -2.41. The summed E-state index contributed by atoms with van der Waals surface area (Å²) < 4.78 is 0. The maximum Gasteiger partial charge on any atom is 0.226 e. The van der Waals surface area contributed by atoms with Gasteiger partial charge >= 0.3 is 0 Å². The summed E-state index contributed by atoms with van der Waals surface area (Å²) in [4.78, 5) is 34.5. The number of rotatable bonds is 6. The van der Waals surface area contributed by atoms with Gasteiger partial charge in [0.25, 0.3) is 0 Å². The Balaban J connectivity index is 1.42. The molecule has 6 heteroatoms. The van der Waals surface area contributed by atoms with Crippen LogP contribution in [0, 0.1) is 19.8 Å². The van der Waals surface area contributed by atoms with Crippen LogP contribution in [0.5, 0.6) is 0 Å². The Hall–Kier alpha value is -2.24. The molecule has 4 rings (SSSR count). The van der Waals surface area contributed by atoms with E-state index in [9.17, 15) is 9.59 Å². The minimum atomic E-state index is 0.0477. The number of hydrogen-bond donors (Lipinski definition) is 0. The summed E-state index contributed by atoms with van der Waals surface area (Å²) in [6.07, 6.45) is 6.42. The molecular weight excluding hydrogens is 434 g/mol. The van der Waals surface area contributed by atoms with Crippen LogP contribution >= 0.6 is 11.6 Å². The van der Waals surface area contributed by atoms with Crippen LogP contribution in [0.4, 0.5) is 0 Å². The molecule has 5 nitrogen and oxygen atoms in total. The Morgan fingerprint density at radius 2 is 1.82 bits per heavy atom. The van der Waals surface area contributed by atoms with Crippen molar-refractivity contribution in [1.29, 1.82) is 0 Å². The molecule has 2 fully saturated rings. The fraction of sp³-hybridized carbons (Fsp3) is 0.519. The molecule has 1 saturated heterocycles. The number of amides is 1. The first-order valence-corrected chi connectivity index (χ1v) is 12.5. The Kier molecular flexibility index (Phi) is 7.50. The van der Waals surface area contributed by atoms with Gasteiger partial charge in [0.1, 0.15) is 0 Å². The molecule has 0 unspecified atom stereocenters. The molecule has 1 amide bonds. The van der Waals surface area contributed by atoms with Crippen LogP contribution < -0.4 is 0 Å². The van der Waals surface area contributed by atoms with Gasteiger partial charge in [-0.1, -0.05) is 24.4 Å². The third kappa shape index (κ3) is 5.64. The Bertz CT molecular complexity index is 1010. The van der Waals surface area contributed by atoms with E-state index in [1.54, 1.807) is 6.20 Å². The van der Waals surface area contributed by atoms with Crippen molar-refractivity contribution < 1.29 is 9.59 Å². The van der Waals surface area contributed by atoms with Gasteiger partial charge < -0.3 is 4.90 Å². The normalized spacial score (nSPS) is 19.8. The SMILES string of the molecule is Cc1ccc(C(=O)Cc2cc(Cl)cc(CN3CCN(C(=O)C4CCCC4)[C@@H](C)C3)c2C)cn1. The molecule has 1 atom stereocenters. The molecule has 0 N–H and O–H groups in total. The summed E-state index contributed by atoms with van der Waals surface area (Å²) in [7, 11) is 0. The van der Waals surface area contributed by atoms with Crippen LogP contribution in [0.2, 0.25) is 5.02 Å². The number of ketones is 1. The highest BCUT2D eigenvalue weighted by Crippen LogP contribution is 2.29. The van der Waals surface area contributed by atoms with Crippen molar-refractivity contribution in [2.45, 2.75) is 65.5 Å². The third-order valence-corrected chi connectivity index (χ3v) is 7.48. The van der Waals surface area contributed by atoms with E-state index in [0.717, 1.165) is 61.4 Å². The van der Waals surface area contributed by atoms with E-state index in [4.69, 9.17) is 11.6 Å². The van der Waals surface area contributed by atoms with Crippen molar-refractivity contribution >= 4 is 23.3 Å². The van der Waals surface area contributed by atoms with Gasteiger partial charge in [-0.05, 0) is 74.6 Å². The molecule has 0 bridgehead atoms. The first kappa shape index (κ1) is 23.9. The number of aromatic nitrogens is 1. The monoisotopic (exact) mass is 467 g/mol. The predicted molar refractivity (Wildman–Crippen MR) is 132 cm³/mol. The van der Waals surface area contributed by atoms with Crippen LogP contribution in [0.1, 0.15) is 65.3 Å². The summed E-state index contributed by atoms with van der Waals surface area (Å²) in [5.41, 5.74) is 4.75. The van der Waals surface area contributed by atoms with Crippen molar-refractivity contribution in [3.05, 3.63) is 63.4 Å². The van der Waals surface area contributed by atoms with Crippen LogP contribution in [0.25, 0.3) is 0 Å². The zero-order valence-corrected chi connectivity index (χ0v) is 20.7. The fourth-order valence-electron chi connectivity index (χ4n) is 5.21. The summed E-state index contributed by atoms with van der Waals surface area (Å²) in [5.74, 6) is 0.634. The zero-order chi connectivity index (χ0) is 23.5. The van der Waals surface area contributed by atoms with Crippen LogP contribution in [-0.2, 0) is 17.8 Å². The fourth-order valence-corrected chi connectivity index (χ4v) is 5.47. The van der Waals surface area contributed by atoms with Crippen LogP contribution in [0.15, 0.2) is 30.5 Å². The van der Waals surface area contributed by atoms with Gasteiger partial charge in [0, 0.05) is 67.0 Å². The number of hydrogen-bond acceptors (Lipinski definition) is 4. The quantitative estimate of drug-likeness (QED) is 0.561. The number of benzene rings is 1. The number of carbonyl (C=O) groups is 2. The van der Waals surface area contributed by atoms with Crippen LogP contribution in [-0.4, -0.2) is 52.2 Å². The summed E-state index contributed by atoms with van der Waals surface area (Å²) in [6.45, 7) is 9.41.